The van der Waals surface area contributed by atoms with Crippen molar-refractivity contribution in [2.75, 3.05) is 0 Å². The zero-order valence-corrected chi connectivity index (χ0v) is 10.8. The van der Waals surface area contributed by atoms with E-state index in [1.165, 1.54) is 38.5 Å². The van der Waals surface area contributed by atoms with E-state index >= 15 is 0 Å². The summed E-state index contributed by atoms with van der Waals surface area (Å²) in [6.45, 7) is 4.03. The van der Waals surface area contributed by atoms with Gasteiger partial charge in [0.1, 0.15) is 0 Å². The monoisotopic (exact) mass is 226 g/mol. The molecule has 0 heterocycles. The Kier molecular flexibility index (Phi) is 10.2. The molecule has 0 unspecified atom stereocenters. The number of allylic oxidation sites excluding steroid dienone is 1. The van der Waals surface area contributed by atoms with Gasteiger partial charge in [-0.05, 0) is 19.8 Å². The SMILES string of the molecule is CC=C(CCCCCCCCCC)C(=O)O. The molecule has 0 aromatic carbocycles. The summed E-state index contributed by atoms with van der Waals surface area (Å²) in [6.07, 6.45) is 12.5. The summed E-state index contributed by atoms with van der Waals surface area (Å²) in [5, 5.41) is 8.80. The lowest BCUT2D eigenvalue weighted by Crippen LogP contribution is -1.99. The second-order valence-electron chi connectivity index (χ2n) is 4.34. The summed E-state index contributed by atoms with van der Waals surface area (Å²) >= 11 is 0. The summed E-state index contributed by atoms with van der Waals surface area (Å²) in [5.41, 5.74) is 0.561. The predicted molar refractivity (Wildman–Crippen MR) is 68.6 cm³/mol. The van der Waals surface area contributed by atoms with Gasteiger partial charge < -0.3 is 5.11 Å². The van der Waals surface area contributed by atoms with E-state index in [-0.39, 0.29) is 0 Å². The minimum Gasteiger partial charge on any atom is -0.478 e. The van der Waals surface area contributed by atoms with Crippen LogP contribution in [0.4, 0.5) is 0 Å². The van der Waals surface area contributed by atoms with Gasteiger partial charge in [0, 0.05) is 5.57 Å². The van der Waals surface area contributed by atoms with Crippen molar-refractivity contribution in [1.82, 2.24) is 0 Å². The highest BCUT2D eigenvalue weighted by Crippen LogP contribution is 2.12. The lowest BCUT2D eigenvalue weighted by molar-refractivity contribution is -0.132. The molecule has 0 saturated heterocycles. The van der Waals surface area contributed by atoms with Crippen LogP contribution in [0.25, 0.3) is 0 Å². The fourth-order valence-electron chi connectivity index (χ4n) is 1.82. The van der Waals surface area contributed by atoms with Crippen LogP contribution in [0, 0.1) is 0 Å². The molecule has 0 atom stereocenters. The molecule has 0 rings (SSSR count). The van der Waals surface area contributed by atoms with Gasteiger partial charge in [-0.1, -0.05) is 57.9 Å². The van der Waals surface area contributed by atoms with Crippen molar-refractivity contribution >= 4 is 5.97 Å². The summed E-state index contributed by atoms with van der Waals surface area (Å²) in [7, 11) is 0. The van der Waals surface area contributed by atoms with Crippen LogP contribution in [0.2, 0.25) is 0 Å². The van der Waals surface area contributed by atoms with Crippen LogP contribution >= 0.6 is 0 Å². The number of aliphatic carboxylic acids is 1. The van der Waals surface area contributed by atoms with E-state index in [4.69, 9.17) is 5.11 Å². The maximum Gasteiger partial charge on any atom is 0.331 e. The average Bonchev–Trinajstić information content (AvgIpc) is 2.26. The smallest absolute Gasteiger partial charge is 0.331 e. The molecule has 16 heavy (non-hydrogen) atoms. The quantitative estimate of drug-likeness (QED) is 0.438. The van der Waals surface area contributed by atoms with E-state index in [1.54, 1.807) is 13.0 Å². The van der Waals surface area contributed by atoms with Crippen molar-refractivity contribution in [2.45, 2.75) is 71.6 Å². The van der Waals surface area contributed by atoms with E-state index in [1.807, 2.05) is 0 Å². The van der Waals surface area contributed by atoms with Gasteiger partial charge in [-0.2, -0.15) is 0 Å². The van der Waals surface area contributed by atoms with Gasteiger partial charge in [-0.25, -0.2) is 4.79 Å². The van der Waals surface area contributed by atoms with Crippen molar-refractivity contribution < 1.29 is 9.90 Å². The molecule has 0 aromatic rings. The molecule has 0 aliphatic carbocycles. The molecule has 0 aliphatic heterocycles. The van der Waals surface area contributed by atoms with E-state index < -0.39 is 5.97 Å². The molecule has 0 radical (unpaired) electrons. The largest absolute Gasteiger partial charge is 0.478 e. The Morgan fingerprint density at radius 2 is 1.50 bits per heavy atom. The Bertz CT molecular complexity index is 207. The zero-order chi connectivity index (χ0) is 12.2. The fraction of sp³-hybridized carbons (Fsp3) is 0.786. The molecule has 1 N–H and O–H groups in total. The Balaban J connectivity index is 3.30. The molecular formula is C14H26O2. The maximum atomic E-state index is 10.7. The summed E-state index contributed by atoms with van der Waals surface area (Å²) < 4.78 is 0. The molecular weight excluding hydrogens is 200 g/mol. The maximum absolute atomic E-state index is 10.7. The highest BCUT2D eigenvalue weighted by Gasteiger charge is 2.04. The van der Waals surface area contributed by atoms with Gasteiger partial charge in [-0.15, -0.1) is 0 Å². The van der Waals surface area contributed by atoms with Crippen molar-refractivity contribution in [2.24, 2.45) is 0 Å². The first-order chi connectivity index (χ1) is 7.72. The van der Waals surface area contributed by atoms with E-state index in [2.05, 4.69) is 6.92 Å². The van der Waals surface area contributed by atoms with E-state index in [9.17, 15) is 4.79 Å². The minimum absolute atomic E-state index is 0.561. The Morgan fingerprint density at radius 1 is 1.00 bits per heavy atom. The van der Waals surface area contributed by atoms with Crippen LogP contribution in [0.5, 0.6) is 0 Å². The number of carbonyl (C=O) groups is 1. The highest BCUT2D eigenvalue weighted by atomic mass is 16.4. The standard InChI is InChI=1S/C14H26O2/c1-3-5-6-7-8-9-10-11-12-13(4-2)14(15)16/h4H,3,5-12H2,1-2H3,(H,15,16). The molecule has 0 amide bonds. The Labute approximate surface area is 99.7 Å². The third kappa shape index (κ3) is 8.51. The van der Waals surface area contributed by atoms with Gasteiger partial charge in [-0.3, -0.25) is 0 Å². The van der Waals surface area contributed by atoms with Crippen molar-refractivity contribution in [3.63, 3.8) is 0 Å². The first kappa shape index (κ1) is 15.2. The number of carboxylic acid groups (broad SMARTS) is 1. The summed E-state index contributed by atoms with van der Waals surface area (Å²) in [4.78, 5) is 10.7. The van der Waals surface area contributed by atoms with Gasteiger partial charge in [0.05, 0.1) is 0 Å². The van der Waals surface area contributed by atoms with Crippen LogP contribution < -0.4 is 0 Å². The second-order valence-corrected chi connectivity index (χ2v) is 4.34. The predicted octanol–water partition coefficient (Wildman–Crippen LogP) is 4.55. The zero-order valence-electron chi connectivity index (χ0n) is 10.8. The molecule has 2 nitrogen and oxygen atoms in total. The van der Waals surface area contributed by atoms with Crippen LogP contribution in [0.1, 0.15) is 71.6 Å². The number of hydrogen-bond donors (Lipinski definition) is 1. The minimum atomic E-state index is -0.759. The molecule has 0 spiro atoms. The van der Waals surface area contributed by atoms with Crippen LogP contribution in [0.15, 0.2) is 11.6 Å². The first-order valence-electron chi connectivity index (χ1n) is 6.60. The van der Waals surface area contributed by atoms with Crippen molar-refractivity contribution in [3.8, 4) is 0 Å². The number of hydrogen-bond acceptors (Lipinski definition) is 1. The lowest BCUT2D eigenvalue weighted by Gasteiger charge is -2.02. The second kappa shape index (κ2) is 10.7. The van der Waals surface area contributed by atoms with Crippen LogP contribution in [-0.4, -0.2) is 11.1 Å². The third-order valence-corrected chi connectivity index (χ3v) is 2.92. The van der Waals surface area contributed by atoms with E-state index in [0.29, 0.717) is 5.57 Å². The normalized spacial score (nSPS) is 11.8. The number of carboxylic acids is 1. The molecule has 0 aliphatic rings. The Morgan fingerprint density at radius 3 is 1.94 bits per heavy atom. The van der Waals surface area contributed by atoms with Crippen LogP contribution in [0.3, 0.4) is 0 Å². The molecule has 2 heteroatoms. The molecule has 0 bridgehead atoms. The van der Waals surface area contributed by atoms with Gasteiger partial charge in [0.2, 0.25) is 0 Å². The molecule has 0 aromatic heterocycles. The molecule has 0 saturated carbocycles. The van der Waals surface area contributed by atoms with Crippen LogP contribution in [-0.2, 0) is 4.79 Å². The third-order valence-electron chi connectivity index (χ3n) is 2.92. The average molecular weight is 226 g/mol. The van der Waals surface area contributed by atoms with Gasteiger partial charge in [0.15, 0.2) is 0 Å². The lowest BCUT2D eigenvalue weighted by atomic mass is 10.0. The molecule has 94 valence electrons. The highest BCUT2D eigenvalue weighted by molar-refractivity contribution is 5.86. The first-order valence-corrected chi connectivity index (χ1v) is 6.60. The summed E-state index contributed by atoms with van der Waals surface area (Å²) in [5.74, 6) is -0.759. The Hall–Kier alpha value is -0.790. The van der Waals surface area contributed by atoms with Crippen molar-refractivity contribution in [1.29, 1.82) is 0 Å². The summed E-state index contributed by atoms with van der Waals surface area (Å²) in [6, 6.07) is 0. The van der Waals surface area contributed by atoms with Gasteiger partial charge >= 0.3 is 5.97 Å². The fourth-order valence-corrected chi connectivity index (χ4v) is 1.82. The van der Waals surface area contributed by atoms with Gasteiger partial charge in [0.25, 0.3) is 0 Å². The number of rotatable bonds is 10. The van der Waals surface area contributed by atoms with Crippen molar-refractivity contribution in [3.05, 3.63) is 11.6 Å². The van der Waals surface area contributed by atoms with E-state index in [0.717, 1.165) is 19.3 Å². The molecule has 0 fully saturated rings. The topological polar surface area (TPSA) is 37.3 Å². The number of unbranched alkanes of at least 4 members (excludes halogenated alkanes) is 7.